The number of aromatic nitrogens is 3. The number of carbonyl (C=O) groups excluding carboxylic acids is 1. The average molecular weight is 246 g/mol. The minimum atomic E-state index is 0.0211. The molecule has 0 saturated carbocycles. The van der Waals surface area contributed by atoms with Crippen LogP contribution in [0.1, 0.15) is 27.9 Å². The summed E-state index contributed by atoms with van der Waals surface area (Å²) in [6, 6.07) is 1.98. The first-order valence-corrected chi connectivity index (χ1v) is 5.87. The van der Waals surface area contributed by atoms with Gasteiger partial charge in [0, 0.05) is 13.1 Å². The van der Waals surface area contributed by atoms with E-state index >= 15 is 0 Å². The molecule has 3 heterocycles. The van der Waals surface area contributed by atoms with Crippen LogP contribution in [0.4, 0.5) is 0 Å². The lowest BCUT2D eigenvalue weighted by Gasteiger charge is -2.38. The van der Waals surface area contributed by atoms with Gasteiger partial charge in [0.25, 0.3) is 5.91 Å². The Labute approximate surface area is 104 Å². The van der Waals surface area contributed by atoms with Crippen molar-refractivity contribution in [2.75, 3.05) is 13.1 Å². The smallest absolute Gasteiger partial charge is 0.257 e. The third-order valence-electron chi connectivity index (χ3n) is 3.18. The highest BCUT2D eigenvalue weighted by molar-refractivity contribution is 5.95. The molecule has 1 aliphatic heterocycles. The molecular formula is C12H14N4O2. The van der Waals surface area contributed by atoms with Crippen molar-refractivity contribution in [3.05, 3.63) is 35.5 Å². The second-order valence-corrected chi connectivity index (χ2v) is 4.54. The Bertz CT molecular complexity index is 567. The standard InChI is InChI=1S/C12H14N4O2/c1-8-5-11(9(2)18-8)12(17)15-6-10(7-15)16-13-3-4-14-16/h3-5,10H,6-7H2,1-2H3. The Morgan fingerprint density at radius 2 is 2.00 bits per heavy atom. The third-order valence-corrected chi connectivity index (χ3v) is 3.18. The van der Waals surface area contributed by atoms with Crippen LogP contribution in [0.3, 0.4) is 0 Å². The van der Waals surface area contributed by atoms with E-state index in [0.29, 0.717) is 24.4 Å². The van der Waals surface area contributed by atoms with E-state index in [-0.39, 0.29) is 11.9 Å². The molecule has 94 valence electrons. The van der Waals surface area contributed by atoms with Crippen molar-refractivity contribution in [3.8, 4) is 0 Å². The zero-order chi connectivity index (χ0) is 12.7. The Hall–Kier alpha value is -2.11. The van der Waals surface area contributed by atoms with Gasteiger partial charge in [-0.15, -0.1) is 0 Å². The molecule has 6 nitrogen and oxygen atoms in total. The van der Waals surface area contributed by atoms with E-state index in [4.69, 9.17) is 4.42 Å². The Kier molecular flexibility index (Phi) is 2.43. The van der Waals surface area contributed by atoms with Gasteiger partial charge in [-0.3, -0.25) is 4.79 Å². The van der Waals surface area contributed by atoms with Gasteiger partial charge in [0.1, 0.15) is 17.6 Å². The van der Waals surface area contributed by atoms with Crippen LogP contribution in [-0.4, -0.2) is 38.9 Å². The van der Waals surface area contributed by atoms with Gasteiger partial charge >= 0.3 is 0 Å². The molecule has 3 rings (SSSR count). The number of hydrogen-bond donors (Lipinski definition) is 0. The Balaban J connectivity index is 1.68. The number of likely N-dealkylation sites (tertiary alicyclic amines) is 1. The predicted octanol–water partition coefficient (Wildman–Crippen LogP) is 1.19. The molecule has 1 fully saturated rings. The molecule has 1 aliphatic rings. The van der Waals surface area contributed by atoms with Crippen molar-refractivity contribution in [1.82, 2.24) is 19.9 Å². The van der Waals surface area contributed by atoms with Gasteiger partial charge in [0.2, 0.25) is 0 Å². The lowest BCUT2D eigenvalue weighted by Crippen LogP contribution is -2.51. The van der Waals surface area contributed by atoms with Crippen molar-refractivity contribution in [2.45, 2.75) is 19.9 Å². The van der Waals surface area contributed by atoms with Gasteiger partial charge in [-0.25, -0.2) is 0 Å². The fourth-order valence-corrected chi connectivity index (χ4v) is 2.20. The maximum atomic E-state index is 12.2. The summed E-state index contributed by atoms with van der Waals surface area (Å²) in [4.78, 5) is 15.6. The molecule has 0 unspecified atom stereocenters. The summed E-state index contributed by atoms with van der Waals surface area (Å²) in [6.07, 6.45) is 3.29. The summed E-state index contributed by atoms with van der Waals surface area (Å²) in [5.41, 5.74) is 0.652. The zero-order valence-corrected chi connectivity index (χ0v) is 10.3. The molecule has 6 heteroatoms. The molecule has 0 spiro atoms. The molecule has 0 bridgehead atoms. The van der Waals surface area contributed by atoms with E-state index in [1.165, 1.54) is 0 Å². The van der Waals surface area contributed by atoms with Gasteiger partial charge in [-0.2, -0.15) is 15.0 Å². The number of aryl methyl sites for hydroxylation is 2. The van der Waals surface area contributed by atoms with Crippen molar-refractivity contribution in [3.63, 3.8) is 0 Å². The van der Waals surface area contributed by atoms with E-state index in [2.05, 4.69) is 10.2 Å². The normalized spacial score (nSPS) is 15.8. The number of hydrogen-bond acceptors (Lipinski definition) is 4. The topological polar surface area (TPSA) is 64.2 Å². The average Bonchev–Trinajstić information content (AvgIpc) is 2.86. The van der Waals surface area contributed by atoms with Crippen LogP contribution in [0, 0.1) is 13.8 Å². The molecular weight excluding hydrogens is 232 g/mol. The second kappa shape index (κ2) is 3.97. The van der Waals surface area contributed by atoms with E-state index in [1.807, 2.05) is 13.8 Å². The summed E-state index contributed by atoms with van der Waals surface area (Å²) in [5, 5.41) is 8.15. The summed E-state index contributed by atoms with van der Waals surface area (Å²) in [5.74, 6) is 1.47. The number of rotatable bonds is 2. The molecule has 2 aromatic rings. The number of carbonyl (C=O) groups is 1. The Morgan fingerprint density at radius 1 is 1.33 bits per heavy atom. The van der Waals surface area contributed by atoms with Crippen LogP contribution in [0.5, 0.6) is 0 Å². The number of furan rings is 1. The van der Waals surface area contributed by atoms with Crippen LogP contribution in [0.2, 0.25) is 0 Å². The lowest BCUT2D eigenvalue weighted by atomic mass is 10.1. The molecule has 18 heavy (non-hydrogen) atoms. The molecule has 0 N–H and O–H groups in total. The molecule has 0 aliphatic carbocycles. The highest BCUT2D eigenvalue weighted by Gasteiger charge is 2.34. The minimum Gasteiger partial charge on any atom is -0.466 e. The van der Waals surface area contributed by atoms with Crippen molar-refractivity contribution in [1.29, 1.82) is 0 Å². The number of nitrogens with zero attached hydrogens (tertiary/aromatic N) is 4. The van der Waals surface area contributed by atoms with Gasteiger partial charge in [-0.1, -0.05) is 0 Å². The summed E-state index contributed by atoms with van der Waals surface area (Å²) in [7, 11) is 0. The largest absolute Gasteiger partial charge is 0.466 e. The van der Waals surface area contributed by atoms with Gasteiger partial charge < -0.3 is 9.32 Å². The van der Waals surface area contributed by atoms with Crippen molar-refractivity contribution < 1.29 is 9.21 Å². The lowest BCUT2D eigenvalue weighted by molar-refractivity contribution is 0.0475. The van der Waals surface area contributed by atoms with Crippen LogP contribution < -0.4 is 0 Å². The van der Waals surface area contributed by atoms with Crippen LogP contribution in [0.15, 0.2) is 22.9 Å². The van der Waals surface area contributed by atoms with Crippen LogP contribution in [0.25, 0.3) is 0 Å². The predicted molar refractivity (Wildman–Crippen MR) is 63.1 cm³/mol. The first-order valence-electron chi connectivity index (χ1n) is 5.87. The SMILES string of the molecule is Cc1cc(C(=O)N2CC(n3nccn3)C2)c(C)o1. The highest BCUT2D eigenvalue weighted by atomic mass is 16.3. The quantitative estimate of drug-likeness (QED) is 0.798. The fourth-order valence-electron chi connectivity index (χ4n) is 2.20. The molecule has 0 atom stereocenters. The summed E-state index contributed by atoms with van der Waals surface area (Å²) >= 11 is 0. The molecule has 0 radical (unpaired) electrons. The molecule has 0 aromatic carbocycles. The van der Waals surface area contributed by atoms with E-state index in [0.717, 1.165) is 5.76 Å². The van der Waals surface area contributed by atoms with E-state index < -0.39 is 0 Å². The first-order chi connectivity index (χ1) is 8.65. The minimum absolute atomic E-state index is 0.0211. The number of amides is 1. The molecule has 1 amide bonds. The highest BCUT2D eigenvalue weighted by Crippen LogP contribution is 2.24. The summed E-state index contributed by atoms with van der Waals surface area (Å²) in [6.45, 7) is 4.96. The van der Waals surface area contributed by atoms with E-state index in [1.54, 1.807) is 28.2 Å². The van der Waals surface area contributed by atoms with Gasteiger partial charge in [0.05, 0.1) is 18.0 Å². The third kappa shape index (κ3) is 1.70. The van der Waals surface area contributed by atoms with E-state index in [9.17, 15) is 4.79 Å². The van der Waals surface area contributed by atoms with Crippen molar-refractivity contribution in [2.24, 2.45) is 0 Å². The van der Waals surface area contributed by atoms with Gasteiger partial charge in [0.15, 0.2) is 0 Å². The van der Waals surface area contributed by atoms with Gasteiger partial charge in [-0.05, 0) is 19.9 Å². The van der Waals surface area contributed by atoms with Crippen LogP contribution in [-0.2, 0) is 0 Å². The fraction of sp³-hybridized carbons (Fsp3) is 0.417. The maximum Gasteiger partial charge on any atom is 0.257 e. The maximum absolute atomic E-state index is 12.2. The molecule has 1 saturated heterocycles. The second-order valence-electron chi connectivity index (χ2n) is 4.54. The summed E-state index contributed by atoms with van der Waals surface area (Å²) < 4.78 is 5.38. The van der Waals surface area contributed by atoms with Crippen LogP contribution >= 0.6 is 0 Å². The Morgan fingerprint density at radius 3 is 2.56 bits per heavy atom. The zero-order valence-electron chi connectivity index (χ0n) is 10.3. The monoisotopic (exact) mass is 246 g/mol. The molecule has 2 aromatic heterocycles. The first kappa shape index (κ1) is 11.0. The van der Waals surface area contributed by atoms with Crippen molar-refractivity contribution >= 4 is 5.91 Å².